The Kier molecular flexibility index (Phi) is 8.94. The van der Waals surface area contributed by atoms with Crippen molar-refractivity contribution in [3.63, 3.8) is 0 Å². The van der Waals surface area contributed by atoms with Crippen molar-refractivity contribution in [2.75, 3.05) is 27.4 Å². The number of hydrogen-bond acceptors (Lipinski definition) is 9. The number of tetrazole rings is 1. The van der Waals surface area contributed by atoms with E-state index in [4.69, 9.17) is 18.6 Å². The molecule has 0 radical (unpaired) electrons. The monoisotopic (exact) mass is 552 g/mol. The Morgan fingerprint density at radius 3 is 2.62 bits per heavy atom. The van der Waals surface area contributed by atoms with Gasteiger partial charge in [0.05, 0.1) is 26.6 Å². The van der Waals surface area contributed by atoms with Crippen LogP contribution in [0.15, 0.2) is 41.0 Å². The number of furan rings is 1. The molecule has 2 amide bonds. The second-order valence-electron chi connectivity index (χ2n) is 10.2. The SMILES string of the molecule is COc1ccc(-c2nnn(CC(=O)N(C[C@@H]3CCCO3)[C@H](C(=O)NC3CCCCC3)c3ccco3)n2)cc1OC. The standard InChI is InChI=1S/C28H36N6O6/c1-37-22-13-12-19(16-24(22)38-2)27-30-32-34(31-27)18-25(35)33(17-21-10-6-14-39-21)26(23-11-7-15-40-23)28(36)29-20-8-4-3-5-9-20/h7,11-13,15-16,20-21,26H,3-6,8-10,14,17-18H2,1-2H3,(H,29,36)/t21-,26-/m0/s1. The minimum absolute atomic E-state index is 0.0828. The lowest BCUT2D eigenvalue weighted by Gasteiger charge is -2.33. The fraction of sp³-hybridized carbons (Fsp3) is 0.536. The molecule has 1 N–H and O–H groups in total. The minimum atomic E-state index is -0.942. The van der Waals surface area contributed by atoms with E-state index >= 15 is 0 Å². The van der Waals surface area contributed by atoms with E-state index in [1.807, 2.05) is 0 Å². The first-order chi connectivity index (χ1) is 19.6. The van der Waals surface area contributed by atoms with E-state index in [-0.39, 0.29) is 37.0 Å². The Labute approximate surface area is 232 Å². The van der Waals surface area contributed by atoms with Crippen LogP contribution < -0.4 is 14.8 Å². The molecule has 12 heteroatoms. The minimum Gasteiger partial charge on any atom is -0.493 e. The maximum atomic E-state index is 13.8. The van der Waals surface area contributed by atoms with Gasteiger partial charge in [-0.3, -0.25) is 9.59 Å². The molecule has 2 fully saturated rings. The summed E-state index contributed by atoms with van der Waals surface area (Å²) in [5.41, 5.74) is 0.660. The van der Waals surface area contributed by atoms with Crippen molar-refractivity contribution < 1.29 is 28.2 Å². The van der Waals surface area contributed by atoms with Gasteiger partial charge in [0.15, 0.2) is 17.5 Å². The van der Waals surface area contributed by atoms with Gasteiger partial charge in [0.25, 0.3) is 5.91 Å². The highest BCUT2D eigenvalue weighted by Gasteiger charge is 2.37. The molecule has 1 saturated heterocycles. The molecular weight excluding hydrogens is 516 g/mol. The molecule has 40 heavy (non-hydrogen) atoms. The highest BCUT2D eigenvalue weighted by molar-refractivity contribution is 5.88. The van der Waals surface area contributed by atoms with E-state index in [2.05, 4.69) is 20.7 Å². The predicted molar refractivity (Wildman–Crippen MR) is 144 cm³/mol. The lowest BCUT2D eigenvalue weighted by molar-refractivity contribution is -0.144. The number of rotatable bonds is 11. The molecule has 1 aliphatic carbocycles. The van der Waals surface area contributed by atoms with Crippen LogP contribution in [0.1, 0.15) is 56.7 Å². The van der Waals surface area contributed by atoms with Gasteiger partial charge < -0.3 is 28.8 Å². The highest BCUT2D eigenvalue weighted by atomic mass is 16.5. The second kappa shape index (κ2) is 12.9. The molecule has 0 unspecified atom stereocenters. The van der Waals surface area contributed by atoms with E-state index < -0.39 is 6.04 Å². The van der Waals surface area contributed by atoms with E-state index in [0.29, 0.717) is 35.3 Å². The molecule has 2 atom stereocenters. The molecule has 3 aromatic rings. The van der Waals surface area contributed by atoms with Crippen molar-refractivity contribution in [2.24, 2.45) is 0 Å². The summed E-state index contributed by atoms with van der Waals surface area (Å²) in [6, 6.07) is 7.87. The number of carbonyl (C=O) groups is 2. The van der Waals surface area contributed by atoms with E-state index in [9.17, 15) is 9.59 Å². The molecule has 214 valence electrons. The maximum absolute atomic E-state index is 13.8. The molecular formula is C28H36N6O6. The van der Waals surface area contributed by atoms with Gasteiger partial charge in [0, 0.05) is 24.8 Å². The summed E-state index contributed by atoms with van der Waals surface area (Å²) in [5.74, 6) is 1.24. The van der Waals surface area contributed by atoms with Crippen molar-refractivity contribution in [3.05, 3.63) is 42.4 Å². The first-order valence-electron chi connectivity index (χ1n) is 13.8. The number of ether oxygens (including phenoxy) is 3. The first kappa shape index (κ1) is 27.6. The van der Waals surface area contributed by atoms with Crippen LogP contribution in [0, 0.1) is 0 Å². The third kappa shape index (κ3) is 6.44. The van der Waals surface area contributed by atoms with Gasteiger partial charge in [0.2, 0.25) is 11.7 Å². The van der Waals surface area contributed by atoms with Crippen LogP contribution in [0.4, 0.5) is 0 Å². The molecule has 2 aromatic heterocycles. The zero-order valence-corrected chi connectivity index (χ0v) is 23.0. The van der Waals surface area contributed by atoms with Crippen LogP contribution in [-0.4, -0.2) is 76.4 Å². The fourth-order valence-corrected chi connectivity index (χ4v) is 5.37. The lowest BCUT2D eigenvalue weighted by atomic mass is 9.95. The van der Waals surface area contributed by atoms with Gasteiger partial charge in [-0.05, 0) is 61.2 Å². The molecule has 1 saturated carbocycles. The van der Waals surface area contributed by atoms with Crippen LogP contribution in [0.5, 0.6) is 11.5 Å². The molecule has 2 aliphatic rings. The van der Waals surface area contributed by atoms with Crippen molar-refractivity contribution in [3.8, 4) is 22.9 Å². The van der Waals surface area contributed by atoms with Gasteiger partial charge >= 0.3 is 0 Å². The van der Waals surface area contributed by atoms with E-state index in [1.165, 1.54) is 22.4 Å². The van der Waals surface area contributed by atoms with E-state index in [1.54, 1.807) is 44.6 Å². The van der Waals surface area contributed by atoms with Crippen LogP contribution in [0.2, 0.25) is 0 Å². The first-order valence-corrected chi connectivity index (χ1v) is 13.8. The van der Waals surface area contributed by atoms with Crippen molar-refractivity contribution in [2.45, 2.75) is 69.7 Å². The van der Waals surface area contributed by atoms with E-state index in [0.717, 1.165) is 38.5 Å². The summed E-state index contributed by atoms with van der Waals surface area (Å²) in [6.07, 6.45) is 8.25. The third-order valence-corrected chi connectivity index (χ3v) is 7.44. The number of amides is 2. The largest absolute Gasteiger partial charge is 0.493 e. The Morgan fingerprint density at radius 1 is 1.10 bits per heavy atom. The molecule has 5 rings (SSSR count). The molecule has 0 spiro atoms. The van der Waals surface area contributed by atoms with Gasteiger partial charge in [-0.25, -0.2) is 0 Å². The fourth-order valence-electron chi connectivity index (χ4n) is 5.37. The topological polar surface area (TPSA) is 134 Å². The number of aromatic nitrogens is 4. The van der Waals surface area contributed by atoms with Crippen LogP contribution in [0.25, 0.3) is 11.4 Å². The molecule has 1 aliphatic heterocycles. The zero-order valence-electron chi connectivity index (χ0n) is 23.0. The van der Waals surface area contributed by atoms with Crippen LogP contribution in [-0.2, 0) is 20.9 Å². The van der Waals surface area contributed by atoms with Crippen molar-refractivity contribution >= 4 is 11.8 Å². The van der Waals surface area contributed by atoms with Crippen LogP contribution in [0.3, 0.4) is 0 Å². The Hall–Kier alpha value is -3.93. The third-order valence-electron chi connectivity index (χ3n) is 7.44. The van der Waals surface area contributed by atoms with Crippen molar-refractivity contribution in [1.82, 2.24) is 30.4 Å². The number of methoxy groups -OCH3 is 2. The quantitative estimate of drug-likeness (QED) is 0.381. The summed E-state index contributed by atoms with van der Waals surface area (Å²) in [4.78, 5) is 30.3. The van der Waals surface area contributed by atoms with Crippen molar-refractivity contribution in [1.29, 1.82) is 0 Å². The number of nitrogens with zero attached hydrogens (tertiary/aromatic N) is 5. The summed E-state index contributed by atoms with van der Waals surface area (Å²) in [6.45, 7) is 0.673. The number of hydrogen-bond donors (Lipinski definition) is 1. The Bertz CT molecular complexity index is 1270. The van der Waals surface area contributed by atoms with Crippen LogP contribution >= 0.6 is 0 Å². The second-order valence-corrected chi connectivity index (χ2v) is 10.2. The summed E-state index contributed by atoms with van der Waals surface area (Å²) in [5, 5.41) is 15.8. The molecule has 3 heterocycles. The Balaban J connectivity index is 1.38. The average Bonchev–Trinajstić information content (AvgIpc) is 3.77. The van der Waals surface area contributed by atoms with Gasteiger partial charge in [-0.1, -0.05) is 19.3 Å². The highest BCUT2D eigenvalue weighted by Crippen LogP contribution is 2.31. The number of nitrogens with one attached hydrogen (secondary N) is 1. The summed E-state index contributed by atoms with van der Waals surface area (Å²) < 4.78 is 22.2. The molecule has 1 aromatic carbocycles. The Morgan fingerprint density at radius 2 is 1.93 bits per heavy atom. The smallest absolute Gasteiger partial charge is 0.250 e. The number of benzene rings is 1. The predicted octanol–water partition coefficient (Wildman–Crippen LogP) is 3.15. The summed E-state index contributed by atoms with van der Waals surface area (Å²) in [7, 11) is 3.11. The van der Waals surface area contributed by atoms with Gasteiger partial charge in [0.1, 0.15) is 12.3 Å². The normalized spacial score (nSPS) is 18.3. The maximum Gasteiger partial charge on any atom is 0.250 e. The number of carbonyl (C=O) groups excluding carboxylic acids is 2. The zero-order chi connectivity index (χ0) is 27.9. The lowest BCUT2D eigenvalue weighted by Crippen LogP contribution is -2.49. The average molecular weight is 553 g/mol. The molecule has 12 nitrogen and oxygen atoms in total. The molecule has 0 bridgehead atoms. The summed E-state index contributed by atoms with van der Waals surface area (Å²) >= 11 is 0. The van der Waals surface area contributed by atoms with Gasteiger partial charge in [-0.2, -0.15) is 4.80 Å². The van der Waals surface area contributed by atoms with Gasteiger partial charge in [-0.15, -0.1) is 10.2 Å².